The Balaban J connectivity index is 1.37. The Morgan fingerprint density at radius 1 is 1.12 bits per heavy atom. The number of amides is 1. The summed E-state index contributed by atoms with van der Waals surface area (Å²) in [5.41, 5.74) is 3.70. The molecule has 0 spiro atoms. The van der Waals surface area contributed by atoms with Crippen molar-refractivity contribution in [2.75, 3.05) is 13.1 Å². The third kappa shape index (κ3) is 3.96. The van der Waals surface area contributed by atoms with Crippen LogP contribution in [-0.2, 0) is 6.54 Å². The topological polar surface area (TPSA) is 68.3 Å². The summed E-state index contributed by atoms with van der Waals surface area (Å²) in [7, 11) is 0. The Bertz CT molecular complexity index is 1300. The summed E-state index contributed by atoms with van der Waals surface area (Å²) in [6.45, 7) is 3.59. The van der Waals surface area contributed by atoms with Crippen LogP contribution in [0.2, 0.25) is 0 Å². The molecule has 5 rings (SSSR count). The number of hydrogen-bond donors (Lipinski definition) is 0. The molecular weight excluding hydrogens is 402 g/mol. The van der Waals surface area contributed by atoms with E-state index in [1.807, 2.05) is 49.4 Å². The van der Waals surface area contributed by atoms with Gasteiger partial charge in [0.25, 0.3) is 11.5 Å². The zero-order chi connectivity index (χ0) is 22.1. The lowest BCUT2D eigenvalue weighted by atomic mass is 9.97. The predicted molar refractivity (Wildman–Crippen MR) is 123 cm³/mol. The molecule has 0 aliphatic carbocycles. The van der Waals surface area contributed by atoms with Crippen molar-refractivity contribution in [2.24, 2.45) is 0 Å². The third-order valence-electron chi connectivity index (χ3n) is 6.05. The van der Waals surface area contributed by atoms with E-state index in [4.69, 9.17) is 4.42 Å². The summed E-state index contributed by atoms with van der Waals surface area (Å²) < 4.78 is 7.55. The highest BCUT2D eigenvalue weighted by Gasteiger charge is 2.29. The van der Waals surface area contributed by atoms with Crippen LogP contribution < -0.4 is 5.56 Å². The lowest BCUT2D eigenvalue weighted by Crippen LogP contribution is -2.42. The van der Waals surface area contributed by atoms with Gasteiger partial charge in [0.05, 0.1) is 12.5 Å². The van der Waals surface area contributed by atoms with Gasteiger partial charge in [0.2, 0.25) is 0 Å². The van der Waals surface area contributed by atoms with E-state index in [2.05, 4.69) is 11.1 Å². The standard InChI is InChI=1S/C26H25N3O3/c1-18-7-4-8-19(15-18)16-28-14-6-10-21(25(28)30)26(31)29-13-5-9-20(17-29)24-27-22-11-2-3-12-23(22)32-24/h2-4,6-8,10-12,14-15,20H,5,9,13,16-17H2,1H3/t20-/m1/s1. The van der Waals surface area contributed by atoms with Crippen LogP contribution in [0, 0.1) is 6.92 Å². The summed E-state index contributed by atoms with van der Waals surface area (Å²) in [4.78, 5) is 32.8. The van der Waals surface area contributed by atoms with Crippen LogP contribution in [0.4, 0.5) is 0 Å². The Kier molecular flexibility index (Phi) is 5.35. The molecule has 0 radical (unpaired) electrons. The molecule has 6 nitrogen and oxygen atoms in total. The summed E-state index contributed by atoms with van der Waals surface area (Å²) >= 11 is 0. The van der Waals surface area contributed by atoms with Crippen LogP contribution in [0.5, 0.6) is 0 Å². The van der Waals surface area contributed by atoms with Crippen molar-refractivity contribution in [3.05, 3.63) is 99.8 Å². The van der Waals surface area contributed by atoms with E-state index in [-0.39, 0.29) is 22.9 Å². The largest absolute Gasteiger partial charge is 0.440 e. The van der Waals surface area contributed by atoms with E-state index < -0.39 is 0 Å². The van der Waals surface area contributed by atoms with E-state index in [1.165, 1.54) is 0 Å². The van der Waals surface area contributed by atoms with Crippen LogP contribution in [0.15, 0.2) is 76.1 Å². The number of carbonyl (C=O) groups is 1. The van der Waals surface area contributed by atoms with Crippen molar-refractivity contribution < 1.29 is 9.21 Å². The molecule has 4 aromatic rings. The van der Waals surface area contributed by atoms with Gasteiger partial charge in [0.1, 0.15) is 11.1 Å². The molecule has 1 aliphatic rings. The van der Waals surface area contributed by atoms with Crippen molar-refractivity contribution >= 4 is 17.0 Å². The van der Waals surface area contributed by atoms with Crippen molar-refractivity contribution in [2.45, 2.75) is 32.2 Å². The summed E-state index contributed by atoms with van der Waals surface area (Å²) in [6.07, 6.45) is 3.49. The number of fused-ring (bicyclic) bond motifs is 1. The average molecular weight is 428 g/mol. The van der Waals surface area contributed by atoms with Gasteiger partial charge < -0.3 is 13.9 Å². The monoisotopic (exact) mass is 427 g/mol. The van der Waals surface area contributed by atoms with Gasteiger partial charge in [-0.2, -0.15) is 0 Å². The number of rotatable bonds is 4. The fraction of sp³-hybridized carbons (Fsp3) is 0.269. The van der Waals surface area contributed by atoms with Crippen LogP contribution in [0.1, 0.15) is 46.1 Å². The van der Waals surface area contributed by atoms with Gasteiger partial charge in [-0.25, -0.2) is 4.98 Å². The molecule has 1 fully saturated rings. The number of para-hydroxylation sites is 2. The van der Waals surface area contributed by atoms with E-state index in [9.17, 15) is 9.59 Å². The minimum absolute atomic E-state index is 0.0262. The lowest BCUT2D eigenvalue weighted by molar-refractivity contribution is 0.0696. The van der Waals surface area contributed by atoms with E-state index >= 15 is 0 Å². The highest BCUT2D eigenvalue weighted by molar-refractivity contribution is 5.94. The molecule has 1 aliphatic heterocycles. The van der Waals surface area contributed by atoms with Gasteiger partial charge in [0, 0.05) is 19.3 Å². The number of carbonyl (C=O) groups excluding carboxylic acids is 1. The highest BCUT2D eigenvalue weighted by atomic mass is 16.3. The molecule has 1 atom stereocenters. The van der Waals surface area contributed by atoms with Gasteiger partial charge in [-0.05, 0) is 49.6 Å². The van der Waals surface area contributed by atoms with Crippen LogP contribution >= 0.6 is 0 Å². The molecule has 32 heavy (non-hydrogen) atoms. The summed E-state index contributed by atoms with van der Waals surface area (Å²) in [5, 5.41) is 0. The van der Waals surface area contributed by atoms with Gasteiger partial charge >= 0.3 is 0 Å². The molecule has 2 aromatic carbocycles. The number of hydrogen-bond acceptors (Lipinski definition) is 4. The zero-order valence-corrected chi connectivity index (χ0v) is 18.0. The van der Waals surface area contributed by atoms with Crippen LogP contribution in [-0.4, -0.2) is 33.4 Å². The van der Waals surface area contributed by atoms with Gasteiger partial charge in [0.15, 0.2) is 11.5 Å². The number of aryl methyl sites for hydroxylation is 1. The van der Waals surface area contributed by atoms with Crippen LogP contribution in [0.3, 0.4) is 0 Å². The maximum Gasteiger partial charge on any atom is 0.263 e. The minimum Gasteiger partial charge on any atom is -0.440 e. The van der Waals surface area contributed by atoms with E-state index in [0.717, 1.165) is 35.1 Å². The highest BCUT2D eigenvalue weighted by Crippen LogP contribution is 2.29. The normalized spacial score (nSPS) is 16.4. The first-order valence-corrected chi connectivity index (χ1v) is 11.0. The second-order valence-electron chi connectivity index (χ2n) is 8.45. The predicted octanol–water partition coefficient (Wildman–Crippen LogP) is 4.37. The number of piperidine rings is 1. The van der Waals surface area contributed by atoms with Gasteiger partial charge in [-0.3, -0.25) is 9.59 Å². The van der Waals surface area contributed by atoms with Gasteiger partial charge in [-0.1, -0.05) is 42.0 Å². The Labute approximate surface area is 186 Å². The number of nitrogens with zero attached hydrogens (tertiary/aromatic N) is 3. The third-order valence-corrected chi connectivity index (χ3v) is 6.05. The maximum atomic E-state index is 13.3. The fourth-order valence-corrected chi connectivity index (χ4v) is 4.43. The first-order valence-electron chi connectivity index (χ1n) is 11.0. The molecular formula is C26H25N3O3. The van der Waals surface area contributed by atoms with Crippen molar-refractivity contribution in [1.82, 2.24) is 14.5 Å². The number of oxazole rings is 1. The first kappa shape index (κ1) is 20.2. The smallest absolute Gasteiger partial charge is 0.263 e. The number of likely N-dealkylation sites (tertiary alicyclic amines) is 1. The molecule has 2 aromatic heterocycles. The SMILES string of the molecule is Cc1cccc(Cn2cccc(C(=O)N3CCC[C@@H](c4nc5ccccc5o4)C3)c2=O)c1. The molecule has 162 valence electrons. The molecule has 0 N–H and O–H groups in total. The molecule has 6 heteroatoms. The molecule has 1 amide bonds. The molecule has 0 unspecified atom stereocenters. The number of benzene rings is 2. The lowest BCUT2D eigenvalue weighted by Gasteiger charge is -2.31. The van der Waals surface area contributed by atoms with Crippen LogP contribution in [0.25, 0.3) is 11.1 Å². The van der Waals surface area contributed by atoms with Crippen molar-refractivity contribution in [3.8, 4) is 0 Å². The number of pyridine rings is 1. The van der Waals surface area contributed by atoms with Crippen molar-refractivity contribution in [1.29, 1.82) is 0 Å². The second-order valence-corrected chi connectivity index (χ2v) is 8.45. The summed E-state index contributed by atoms with van der Waals surface area (Å²) in [6, 6.07) is 19.1. The Hall–Kier alpha value is -3.67. The molecule has 0 bridgehead atoms. The summed E-state index contributed by atoms with van der Waals surface area (Å²) in [5.74, 6) is 0.460. The van der Waals surface area contributed by atoms with Gasteiger partial charge in [-0.15, -0.1) is 0 Å². The Morgan fingerprint density at radius 3 is 2.84 bits per heavy atom. The quantitative estimate of drug-likeness (QED) is 0.485. The molecule has 1 saturated heterocycles. The first-order chi connectivity index (χ1) is 15.6. The number of aromatic nitrogens is 2. The van der Waals surface area contributed by atoms with Crippen molar-refractivity contribution in [3.63, 3.8) is 0 Å². The minimum atomic E-state index is -0.261. The molecule has 3 heterocycles. The second kappa shape index (κ2) is 8.46. The average Bonchev–Trinajstić information content (AvgIpc) is 3.25. The zero-order valence-electron chi connectivity index (χ0n) is 18.0. The van der Waals surface area contributed by atoms with E-state index in [1.54, 1.807) is 27.8 Å². The van der Waals surface area contributed by atoms with E-state index in [0.29, 0.717) is 25.5 Å². The molecule has 0 saturated carbocycles. The maximum absolute atomic E-state index is 13.3. The Morgan fingerprint density at radius 2 is 2.00 bits per heavy atom. The fourth-order valence-electron chi connectivity index (χ4n) is 4.43.